The van der Waals surface area contributed by atoms with Crippen molar-refractivity contribution < 1.29 is 0 Å². The molecular formula is C28H26O2Se2. The van der Waals surface area contributed by atoms with Gasteiger partial charge in [-0.15, -0.1) is 0 Å². The number of hydrogen-bond donors (Lipinski definition) is 0. The molecule has 0 radical (unpaired) electrons. The molecule has 32 heavy (non-hydrogen) atoms. The minimum atomic E-state index is 0.0124. The molecule has 0 bridgehead atoms. The molecule has 0 aliphatic carbocycles. The third kappa shape index (κ3) is 3.55. The second-order valence-electron chi connectivity index (χ2n) is 10.6. The van der Waals surface area contributed by atoms with Gasteiger partial charge in [0.15, 0.2) is 0 Å². The van der Waals surface area contributed by atoms with Crippen LogP contribution in [0.15, 0.2) is 58.1 Å². The molecule has 0 atom stereocenters. The molecule has 0 amide bonds. The van der Waals surface area contributed by atoms with Crippen LogP contribution >= 0.6 is 0 Å². The van der Waals surface area contributed by atoms with Crippen molar-refractivity contribution in [2.24, 2.45) is 0 Å². The third-order valence-corrected chi connectivity index (χ3v) is 10.9. The van der Waals surface area contributed by atoms with Gasteiger partial charge in [-0.1, -0.05) is 0 Å². The molecule has 5 aromatic rings. The van der Waals surface area contributed by atoms with Crippen molar-refractivity contribution in [1.82, 2.24) is 0 Å². The van der Waals surface area contributed by atoms with Crippen LogP contribution in [0, 0.1) is 0 Å². The molecule has 0 fully saturated rings. The van der Waals surface area contributed by atoms with Crippen LogP contribution < -0.4 is 10.9 Å². The molecule has 0 saturated carbocycles. The zero-order valence-electron chi connectivity index (χ0n) is 19.3. The third-order valence-electron chi connectivity index (χ3n) is 6.20. The molecule has 162 valence electrons. The Morgan fingerprint density at radius 2 is 0.844 bits per heavy atom. The number of benzene rings is 3. The van der Waals surface area contributed by atoms with E-state index in [1.54, 1.807) is 0 Å². The van der Waals surface area contributed by atoms with Gasteiger partial charge in [-0.2, -0.15) is 0 Å². The fourth-order valence-corrected chi connectivity index (χ4v) is 8.88. The topological polar surface area (TPSA) is 34.1 Å². The molecule has 2 nitrogen and oxygen atoms in total. The van der Waals surface area contributed by atoms with Gasteiger partial charge in [0.05, 0.1) is 0 Å². The van der Waals surface area contributed by atoms with Gasteiger partial charge in [0.2, 0.25) is 0 Å². The molecule has 5 rings (SSSR count). The molecule has 4 heteroatoms. The van der Waals surface area contributed by atoms with Crippen molar-refractivity contribution in [3.05, 3.63) is 80.1 Å². The molecule has 0 unspecified atom stereocenters. The van der Waals surface area contributed by atoms with Crippen LogP contribution in [0.2, 0.25) is 0 Å². The van der Waals surface area contributed by atoms with E-state index in [0.29, 0.717) is 0 Å². The number of hydrogen-bond acceptors (Lipinski definition) is 2. The summed E-state index contributed by atoms with van der Waals surface area (Å²) < 4.78 is 4.34. The Morgan fingerprint density at radius 3 is 1.19 bits per heavy atom. The first-order valence-electron chi connectivity index (χ1n) is 10.9. The second-order valence-corrected chi connectivity index (χ2v) is 15.2. The Bertz CT molecular complexity index is 1550. The van der Waals surface area contributed by atoms with Crippen LogP contribution in [0.25, 0.3) is 38.6 Å². The average Bonchev–Trinajstić information content (AvgIpc) is 2.71. The molecule has 3 aromatic carbocycles. The Balaban J connectivity index is 1.85. The summed E-state index contributed by atoms with van der Waals surface area (Å²) in [5.74, 6) is 0. The molecule has 2 aromatic heterocycles. The van der Waals surface area contributed by atoms with Crippen LogP contribution in [0.3, 0.4) is 0 Å². The summed E-state index contributed by atoms with van der Waals surface area (Å²) in [6.07, 6.45) is 0. The normalized spacial score (nSPS) is 12.9. The maximum absolute atomic E-state index is 13.4. The first-order chi connectivity index (χ1) is 14.9. The zero-order chi connectivity index (χ0) is 23.0. The Labute approximate surface area is 199 Å². The van der Waals surface area contributed by atoms with E-state index in [4.69, 9.17) is 0 Å². The van der Waals surface area contributed by atoms with Crippen LogP contribution in [-0.2, 0) is 10.8 Å². The van der Waals surface area contributed by atoms with E-state index >= 15 is 0 Å². The molecule has 0 aliphatic heterocycles. The van der Waals surface area contributed by atoms with E-state index in [2.05, 4.69) is 65.8 Å². The SMILES string of the molecule is CC(C)(C)c1ccc2c(=O)c3cc4[se]c5cc(C(C)(C)C)ccc5c(=O)c4cc3[se]c2c1. The summed E-state index contributed by atoms with van der Waals surface area (Å²) in [6.45, 7) is 13.2. The van der Waals surface area contributed by atoms with Gasteiger partial charge in [0.25, 0.3) is 0 Å². The van der Waals surface area contributed by atoms with Crippen molar-refractivity contribution in [2.45, 2.75) is 52.4 Å². The van der Waals surface area contributed by atoms with Gasteiger partial charge >= 0.3 is 200 Å². The Kier molecular flexibility index (Phi) is 4.97. The zero-order valence-corrected chi connectivity index (χ0v) is 22.7. The first-order valence-corrected chi connectivity index (χ1v) is 14.3. The fourth-order valence-electron chi connectivity index (χ4n) is 4.13. The minimum absolute atomic E-state index is 0.0124. The molecule has 2 heterocycles. The monoisotopic (exact) mass is 554 g/mol. The van der Waals surface area contributed by atoms with E-state index in [0.717, 1.165) is 38.6 Å². The first kappa shape index (κ1) is 21.9. The van der Waals surface area contributed by atoms with Gasteiger partial charge < -0.3 is 0 Å². The van der Waals surface area contributed by atoms with Gasteiger partial charge in [-0.05, 0) is 0 Å². The predicted molar refractivity (Wildman–Crippen MR) is 140 cm³/mol. The van der Waals surface area contributed by atoms with Crippen LogP contribution in [0.5, 0.6) is 0 Å². The molecule has 0 saturated heterocycles. The van der Waals surface area contributed by atoms with Crippen molar-refractivity contribution >= 4 is 67.6 Å². The second kappa shape index (κ2) is 7.27. The fraction of sp³-hybridized carbons (Fsp3) is 0.286. The van der Waals surface area contributed by atoms with Crippen LogP contribution in [0.1, 0.15) is 52.7 Å². The predicted octanol–water partition coefficient (Wildman–Crippen LogP) is 5.73. The molecule has 0 spiro atoms. The van der Waals surface area contributed by atoms with E-state index < -0.39 is 0 Å². The quantitative estimate of drug-likeness (QED) is 0.182. The number of rotatable bonds is 0. The maximum atomic E-state index is 13.4. The number of fused-ring (bicyclic) bond motifs is 4. The molecule has 0 aliphatic rings. The van der Waals surface area contributed by atoms with Gasteiger partial charge in [0, 0.05) is 0 Å². The van der Waals surface area contributed by atoms with Gasteiger partial charge in [-0.25, -0.2) is 0 Å². The van der Waals surface area contributed by atoms with Gasteiger partial charge in [-0.3, -0.25) is 0 Å². The summed E-state index contributed by atoms with van der Waals surface area (Å²) >= 11 is 0.0248. The average molecular weight is 552 g/mol. The van der Waals surface area contributed by atoms with Gasteiger partial charge in [0.1, 0.15) is 0 Å². The standard InChI is InChI=1S/C28H26O2Se2/c1-27(2,3)15-7-9-17-21(11-15)31-23-13-20-24(14-19(23)25(17)29)32-22-12-16(28(4,5)6)8-10-18(22)26(20)30/h7-14H,1-6H3. The van der Waals surface area contributed by atoms with E-state index in [1.807, 2.05) is 24.3 Å². The summed E-state index contributed by atoms with van der Waals surface area (Å²) in [7, 11) is 0. The summed E-state index contributed by atoms with van der Waals surface area (Å²) in [5, 5.41) is 3.25. The van der Waals surface area contributed by atoms with Crippen molar-refractivity contribution in [3.8, 4) is 0 Å². The van der Waals surface area contributed by atoms with Crippen molar-refractivity contribution in [3.63, 3.8) is 0 Å². The summed E-state index contributed by atoms with van der Waals surface area (Å²) in [4.78, 5) is 26.8. The van der Waals surface area contributed by atoms with E-state index in [-0.39, 0.29) is 50.7 Å². The van der Waals surface area contributed by atoms with Crippen LogP contribution in [0.4, 0.5) is 0 Å². The summed E-state index contributed by atoms with van der Waals surface area (Å²) in [6, 6.07) is 16.6. The van der Waals surface area contributed by atoms with Crippen molar-refractivity contribution in [1.29, 1.82) is 0 Å². The van der Waals surface area contributed by atoms with E-state index in [9.17, 15) is 9.59 Å². The summed E-state index contributed by atoms with van der Waals surface area (Å²) in [5.41, 5.74) is 2.77. The Hall–Kier alpha value is -1.96. The Morgan fingerprint density at radius 1 is 0.500 bits per heavy atom. The van der Waals surface area contributed by atoms with Crippen molar-refractivity contribution in [2.75, 3.05) is 0 Å². The van der Waals surface area contributed by atoms with E-state index in [1.165, 1.54) is 11.1 Å². The van der Waals surface area contributed by atoms with Crippen LogP contribution in [-0.4, -0.2) is 29.0 Å². The molecular weight excluding hydrogens is 526 g/mol. The molecule has 0 N–H and O–H groups in total.